The summed E-state index contributed by atoms with van der Waals surface area (Å²) in [6.45, 7) is 4.68. The monoisotopic (exact) mass is 240 g/mol. The van der Waals surface area contributed by atoms with E-state index < -0.39 is 0 Å². The Morgan fingerprint density at radius 2 is 2.06 bits per heavy atom. The van der Waals surface area contributed by atoms with Gasteiger partial charge in [-0.15, -0.1) is 0 Å². The van der Waals surface area contributed by atoms with Gasteiger partial charge >= 0.3 is 0 Å². The lowest BCUT2D eigenvalue weighted by Gasteiger charge is -2.39. The van der Waals surface area contributed by atoms with Gasteiger partial charge in [0.05, 0.1) is 0 Å². The first kappa shape index (κ1) is 13.3. The van der Waals surface area contributed by atoms with Gasteiger partial charge in [-0.3, -0.25) is 4.90 Å². The van der Waals surface area contributed by atoms with Gasteiger partial charge in [-0.25, -0.2) is 0 Å². The fraction of sp³-hybridized carbons (Fsp3) is 1.00. The molecule has 100 valence electrons. The Balaban J connectivity index is 1.72. The Morgan fingerprint density at radius 1 is 1.24 bits per heavy atom. The molecule has 1 aliphatic heterocycles. The third kappa shape index (κ3) is 3.91. The van der Waals surface area contributed by atoms with Crippen LogP contribution in [0.2, 0.25) is 0 Å². The molecule has 2 fully saturated rings. The van der Waals surface area contributed by atoms with Gasteiger partial charge in [-0.1, -0.05) is 6.42 Å². The molecule has 0 aromatic heterocycles. The molecule has 0 bridgehead atoms. The highest BCUT2D eigenvalue weighted by atomic mass is 15.3. The molecule has 1 saturated heterocycles. The molecule has 1 heterocycles. The Hall–Kier alpha value is -0.160. The number of nitrogens with two attached hydrogens (primary N) is 1. The molecule has 2 rings (SSSR count). The second-order valence-electron chi connectivity index (χ2n) is 5.93. The summed E-state index contributed by atoms with van der Waals surface area (Å²) in [5, 5.41) is 3.72. The fourth-order valence-electron chi connectivity index (χ4n) is 3.04. The van der Waals surface area contributed by atoms with Crippen LogP contribution >= 0.6 is 0 Å². The molecule has 0 spiro atoms. The van der Waals surface area contributed by atoms with E-state index in [1.54, 1.807) is 0 Å². The van der Waals surface area contributed by atoms with Gasteiger partial charge in [0.15, 0.2) is 0 Å². The zero-order valence-corrected chi connectivity index (χ0v) is 11.4. The average Bonchev–Trinajstić information content (AvgIpc) is 2.30. The van der Waals surface area contributed by atoms with Crippen LogP contribution in [-0.2, 0) is 0 Å². The minimum Gasteiger partial charge on any atom is -0.328 e. The summed E-state index contributed by atoms with van der Waals surface area (Å²) in [7, 11) is 4.46. The number of nitrogens with zero attached hydrogens (tertiary/aromatic N) is 2. The molecule has 0 aromatic carbocycles. The van der Waals surface area contributed by atoms with E-state index in [-0.39, 0.29) is 0 Å². The number of likely N-dealkylation sites (N-methyl/N-ethyl adjacent to an activating group) is 2. The SMILES string of the molecule is CN1CCN(C)C(CNC2CCCC(N)C2)C1. The summed E-state index contributed by atoms with van der Waals surface area (Å²) in [6, 6.07) is 1.74. The summed E-state index contributed by atoms with van der Waals surface area (Å²) < 4.78 is 0. The smallest absolute Gasteiger partial charge is 0.0345 e. The van der Waals surface area contributed by atoms with Crippen LogP contribution in [-0.4, -0.2) is 68.2 Å². The molecular weight excluding hydrogens is 212 g/mol. The van der Waals surface area contributed by atoms with Gasteiger partial charge in [-0.2, -0.15) is 0 Å². The second-order valence-corrected chi connectivity index (χ2v) is 5.93. The highest BCUT2D eigenvalue weighted by Crippen LogP contribution is 2.17. The topological polar surface area (TPSA) is 44.5 Å². The largest absolute Gasteiger partial charge is 0.328 e. The standard InChI is InChI=1S/C13H28N4/c1-16-6-7-17(2)13(10-16)9-15-12-5-3-4-11(14)8-12/h11-13,15H,3-10,14H2,1-2H3. The highest BCUT2D eigenvalue weighted by molar-refractivity contribution is 4.84. The first-order valence-electron chi connectivity index (χ1n) is 7.03. The zero-order valence-electron chi connectivity index (χ0n) is 11.4. The predicted molar refractivity (Wildman–Crippen MR) is 72.1 cm³/mol. The number of hydrogen-bond donors (Lipinski definition) is 2. The molecule has 0 radical (unpaired) electrons. The van der Waals surface area contributed by atoms with Crippen molar-refractivity contribution < 1.29 is 0 Å². The van der Waals surface area contributed by atoms with E-state index in [9.17, 15) is 0 Å². The molecule has 3 unspecified atom stereocenters. The van der Waals surface area contributed by atoms with Crippen LogP contribution in [0.5, 0.6) is 0 Å². The van der Waals surface area contributed by atoms with E-state index in [1.165, 1.54) is 38.9 Å². The Kier molecular flexibility index (Phi) is 4.79. The normalized spacial score (nSPS) is 37.2. The van der Waals surface area contributed by atoms with Crippen molar-refractivity contribution in [3.63, 3.8) is 0 Å². The third-order valence-corrected chi connectivity index (χ3v) is 4.34. The molecule has 4 nitrogen and oxygen atoms in total. The van der Waals surface area contributed by atoms with E-state index >= 15 is 0 Å². The lowest BCUT2D eigenvalue weighted by atomic mass is 9.91. The molecule has 1 saturated carbocycles. The molecule has 0 amide bonds. The van der Waals surface area contributed by atoms with E-state index in [0.717, 1.165) is 13.0 Å². The van der Waals surface area contributed by atoms with Crippen molar-refractivity contribution in [3.8, 4) is 0 Å². The highest BCUT2D eigenvalue weighted by Gasteiger charge is 2.24. The van der Waals surface area contributed by atoms with Gasteiger partial charge in [0.2, 0.25) is 0 Å². The van der Waals surface area contributed by atoms with Gasteiger partial charge in [0, 0.05) is 44.3 Å². The molecule has 0 aromatic rings. The number of nitrogens with one attached hydrogen (secondary N) is 1. The fourth-order valence-corrected chi connectivity index (χ4v) is 3.04. The average molecular weight is 240 g/mol. The summed E-state index contributed by atoms with van der Waals surface area (Å²) in [5.74, 6) is 0. The second kappa shape index (κ2) is 6.14. The van der Waals surface area contributed by atoms with Crippen molar-refractivity contribution >= 4 is 0 Å². The van der Waals surface area contributed by atoms with E-state index in [1.807, 2.05) is 0 Å². The quantitative estimate of drug-likeness (QED) is 0.734. The minimum absolute atomic E-state index is 0.424. The van der Waals surface area contributed by atoms with Crippen molar-refractivity contribution in [1.82, 2.24) is 15.1 Å². The lowest BCUT2D eigenvalue weighted by Crippen LogP contribution is -2.55. The van der Waals surface area contributed by atoms with Crippen LogP contribution in [0.1, 0.15) is 25.7 Å². The summed E-state index contributed by atoms with van der Waals surface area (Å²) >= 11 is 0. The van der Waals surface area contributed by atoms with E-state index in [4.69, 9.17) is 5.73 Å². The molecule has 3 atom stereocenters. The van der Waals surface area contributed by atoms with Crippen molar-refractivity contribution in [2.24, 2.45) is 5.73 Å². The van der Waals surface area contributed by atoms with Crippen LogP contribution in [0.4, 0.5) is 0 Å². The van der Waals surface area contributed by atoms with Crippen molar-refractivity contribution in [3.05, 3.63) is 0 Å². The molecule has 2 aliphatic rings. The maximum Gasteiger partial charge on any atom is 0.0345 e. The van der Waals surface area contributed by atoms with Gasteiger partial charge in [0.1, 0.15) is 0 Å². The molecular formula is C13H28N4. The van der Waals surface area contributed by atoms with Crippen LogP contribution < -0.4 is 11.1 Å². The Labute approximate surface area is 106 Å². The van der Waals surface area contributed by atoms with Gasteiger partial charge < -0.3 is 16.0 Å². The maximum atomic E-state index is 6.02. The van der Waals surface area contributed by atoms with Crippen LogP contribution in [0.25, 0.3) is 0 Å². The van der Waals surface area contributed by atoms with Crippen molar-refractivity contribution in [1.29, 1.82) is 0 Å². The van der Waals surface area contributed by atoms with E-state index in [2.05, 4.69) is 29.2 Å². The molecule has 4 heteroatoms. The zero-order chi connectivity index (χ0) is 12.3. The summed E-state index contributed by atoms with van der Waals surface area (Å²) in [4.78, 5) is 4.91. The van der Waals surface area contributed by atoms with Crippen LogP contribution in [0.3, 0.4) is 0 Å². The molecule has 3 N–H and O–H groups in total. The number of piperazine rings is 1. The maximum absolute atomic E-state index is 6.02. The van der Waals surface area contributed by atoms with Crippen molar-refractivity contribution in [2.75, 3.05) is 40.3 Å². The predicted octanol–water partition coefficient (Wildman–Crippen LogP) is 0.0917. The van der Waals surface area contributed by atoms with Gasteiger partial charge in [0.25, 0.3) is 0 Å². The van der Waals surface area contributed by atoms with Crippen molar-refractivity contribution in [2.45, 2.75) is 43.8 Å². The lowest BCUT2D eigenvalue weighted by molar-refractivity contribution is 0.109. The van der Waals surface area contributed by atoms with Crippen LogP contribution in [0, 0.1) is 0 Å². The molecule has 17 heavy (non-hydrogen) atoms. The first-order chi connectivity index (χ1) is 8.15. The molecule has 1 aliphatic carbocycles. The summed E-state index contributed by atoms with van der Waals surface area (Å²) in [6.07, 6.45) is 4.97. The third-order valence-electron chi connectivity index (χ3n) is 4.34. The van der Waals surface area contributed by atoms with Gasteiger partial charge in [-0.05, 0) is 33.4 Å². The first-order valence-corrected chi connectivity index (χ1v) is 7.03. The Bertz CT molecular complexity index is 233. The number of hydrogen-bond acceptors (Lipinski definition) is 4. The van der Waals surface area contributed by atoms with E-state index in [0.29, 0.717) is 18.1 Å². The minimum atomic E-state index is 0.424. The van der Waals surface area contributed by atoms with Crippen LogP contribution in [0.15, 0.2) is 0 Å². The summed E-state index contributed by atoms with van der Waals surface area (Å²) in [5.41, 5.74) is 6.02. The Morgan fingerprint density at radius 3 is 2.82 bits per heavy atom. The number of rotatable bonds is 3.